The summed E-state index contributed by atoms with van der Waals surface area (Å²) in [6.45, 7) is 0.674. The second-order valence-corrected chi connectivity index (χ2v) is 3.13. The minimum absolute atomic E-state index is 0. The van der Waals surface area contributed by atoms with Crippen LogP contribution in [0.3, 0.4) is 0 Å². The van der Waals surface area contributed by atoms with Gasteiger partial charge in [0, 0.05) is 9.80 Å². The maximum absolute atomic E-state index is 11.8. The number of para-hydroxylation sites is 1. The molecule has 0 saturated heterocycles. The average molecular weight is 233 g/mol. The van der Waals surface area contributed by atoms with E-state index in [1.807, 2.05) is 6.07 Å². The summed E-state index contributed by atoms with van der Waals surface area (Å²) in [4.78, 5) is 11.8. The van der Waals surface area contributed by atoms with Gasteiger partial charge in [-0.15, -0.1) is 12.4 Å². The van der Waals surface area contributed by atoms with Gasteiger partial charge in [-0.2, -0.15) is 0 Å². The molecule has 84 valence electrons. The summed E-state index contributed by atoms with van der Waals surface area (Å²) in [5, 5.41) is 2.41. The molecule has 1 rings (SSSR count). The number of carbonyl (C=O) groups is 1. The molecule has 0 aliphatic heterocycles. The highest BCUT2D eigenvalue weighted by Crippen LogP contribution is 2.19. The molecule has 0 radical (unpaired) electrons. The topological polar surface area (TPSA) is 55.1 Å². The molecule has 4 heteroatoms. The Bertz CT molecular complexity index is 454. The lowest BCUT2D eigenvalue weighted by molar-refractivity contribution is -0.117. The van der Waals surface area contributed by atoms with Crippen molar-refractivity contribution in [2.24, 2.45) is 5.73 Å². The fraction of sp³-hybridized carbons (Fsp3) is 0.364. The molecule has 1 amide bonds. The zero-order valence-electron chi connectivity index (χ0n) is 12.6. The van der Waals surface area contributed by atoms with E-state index >= 15 is 0 Å². The number of rotatable bonds is 2. The van der Waals surface area contributed by atoms with Crippen molar-refractivity contribution in [1.29, 1.82) is 0 Å². The molecule has 3 nitrogen and oxygen atoms in total. The second-order valence-electron chi connectivity index (χ2n) is 3.13. The molecule has 0 heterocycles. The number of nitrogens with two attached hydrogens (primary N) is 1. The van der Waals surface area contributed by atoms with Gasteiger partial charge in [0.2, 0.25) is 5.91 Å². The van der Waals surface area contributed by atoms with Crippen LogP contribution in [0.5, 0.6) is 0 Å². The molecule has 0 aliphatic carbocycles. The Balaban J connectivity index is 0.00000324. The van der Waals surface area contributed by atoms with Crippen LogP contribution in [0.1, 0.15) is 23.5 Å². The van der Waals surface area contributed by atoms with E-state index in [9.17, 15) is 4.79 Å². The first-order valence-corrected chi connectivity index (χ1v) is 4.24. The smallest absolute Gasteiger partial charge is 0.241 e. The zero-order valence-corrected chi connectivity index (χ0v) is 9.44. The molecule has 15 heavy (non-hydrogen) atoms. The summed E-state index contributed by atoms with van der Waals surface area (Å²) in [6.07, 6.45) is 0. The number of hydrogen-bond donors (Lipinski definition) is 2. The third-order valence-electron chi connectivity index (χ3n) is 1.96. The van der Waals surface area contributed by atoms with Gasteiger partial charge in [-0.1, -0.05) is 18.2 Å². The van der Waals surface area contributed by atoms with Crippen LogP contribution in [-0.4, -0.2) is 11.9 Å². The molecular weight excluding hydrogens is 212 g/mol. The van der Waals surface area contributed by atoms with E-state index in [0.717, 1.165) is 11.1 Å². The van der Waals surface area contributed by atoms with Gasteiger partial charge in [0.25, 0.3) is 0 Å². The number of halogens is 1. The molecule has 1 unspecified atom stereocenters. The highest BCUT2D eigenvalue weighted by atomic mass is 35.5. The fourth-order valence-corrected chi connectivity index (χ4v) is 1.19. The van der Waals surface area contributed by atoms with Crippen molar-refractivity contribution in [3.63, 3.8) is 0 Å². The summed E-state index contributed by atoms with van der Waals surface area (Å²) < 4.78 is 28.8. The Morgan fingerprint density at radius 3 is 2.53 bits per heavy atom. The quantitative estimate of drug-likeness (QED) is 0.820. The van der Waals surface area contributed by atoms with E-state index in [4.69, 9.17) is 11.2 Å². The molecule has 0 saturated carbocycles. The largest absolute Gasteiger partial charge is 0.324 e. The number of aryl methyl sites for hydroxylation is 2. The molecule has 0 bridgehead atoms. The Morgan fingerprint density at radius 2 is 2.07 bits per heavy atom. The Morgan fingerprint density at radius 1 is 1.53 bits per heavy atom. The van der Waals surface area contributed by atoms with E-state index in [0.29, 0.717) is 5.69 Å². The zero-order chi connectivity index (χ0) is 14.1. The van der Waals surface area contributed by atoms with Gasteiger partial charge in [-0.3, -0.25) is 4.79 Å². The SMILES string of the molecule is Cl.[2H]C([2H])([2H])C([2H])(N)C(=O)Nc1c(C)cccc1C. The molecule has 0 fully saturated rings. The number of amides is 1. The van der Waals surface area contributed by atoms with E-state index in [2.05, 4.69) is 5.32 Å². The van der Waals surface area contributed by atoms with E-state index in [1.165, 1.54) is 0 Å². The monoisotopic (exact) mass is 232 g/mol. The van der Waals surface area contributed by atoms with Crippen LogP contribution in [0.25, 0.3) is 0 Å². The first kappa shape index (κ1) is 8.13. The fourth-order valence-electron chi connectivity index (χ4n) is 1.19. The number of hydrogen-bond acceptors (Lipinski definition) is 2. The minimum atomic E-state index is -2.88. The summed E-state index contributed by atoms with van der Waals surface area (Å²) in [7, 11) is 0. The normalized spacial score (nSPS) is 18.3. The van der Waals surface area contributed by atoms with Crippen molar-refractivity contribution in [3.05, 3.63) is 29.3 Å². The van der Waals surface area contributed by atoms with Crippen molar-refractivity contribution in [1.82, 2.24) is 0 Å². The van der Waals surface area contributed by atoms with E-state index < -0.39 is 18.8 Å². The highest BCUT2D eigenvalue weighted by Gasteiger charge is 2.10. The third-order valence-corrected chi connectivity index (χ3v) is 1.96. The predicted octanol–water partition coefficient (Wildman–Crippen LogP) is 2.01. The third kappa shape index (κ3) is 3.53. The standard InChI is InChI=1S/C11H16N2O.ClH/c1-7-5-4-6-8(2)10(7)13-11(14)9(3)12;/h4-6,9H,12H2,1-3H3,(H,13,14);1H/i3D3,9D;. The van der Waals surface area contributed by atoms with E-state index in [-0.39, 0.29) is 12.4 Å². The lowest BCUT2D eigenvalue weighted by atomic mass is 10.1. The Hall–Kier alpha value is -1.06. The molecule has 0 aromatic heterocycles. The first-order chi connectivity index (χ1) is 8.07. The van der Waals surface area contributed by atoms with Crippen molar-refractivity contribution >= 4 is 24.0 Å². The Kier molecular flexibility index (Phi) is 3.11. The lowest BCUT2D eigenvalue weighted by Gasteiger charge is -2.12. The maximum atomic E-state index is 11.8. The summed E-state index contributed by atoms with van der Waals surface area (Å²) in [5.74, 6) is -1.04. The van der Waals surface area contributed by atoms with Crippen LogP contribution in [0.15, 0.2) is 18.2 Å². The van der Waals surface area contributed by atoms with Crippen LogP contribution < -0.4 is 11.1 Å². The molecule has 1 aromatic carbocycles. The van der Waals surface area contributed by atoms with Gasteiger partial charge in [-0.25, -0.2) is 0 Å². The van der Waals surface area contributed by atoms with Gasteiger partial charge in [0.1, 0.15) is 0 Å². The molecule has 0 aliphatic rings. The van der Waals surface area contributed by atoms with Crippen molar-refractivity contribution in [2.75, 3.05) is 5.32 Å². The first-order valence-electron chi connectivity index (χ1n) is 6.24. The number of benzene rings is 1. The number of anilines is 1. The molecular formula is C11H17ClN2O. The predicted molar refractivity (Wildman–Crippen MR) is 65.4 cm³/mol. The summed E-state index contributed by atoms with van der Waals surface area (Å²) in [6, 6.07) is 2.71. The van der Waals surface area contributed by atoms with Gasteiger partial charge < -0.3 is 11.1 Å². The molecule has 0 spiro atoms. The average Bonchev–Trinajstić information content (AvgIpc) is 2.21. The van der Waals surface area contributed by atoms with Gasteiger partial charge in [0.05, 0.1) is 7.39 Å². The highest BCUT2D eigenvalue weighted by molar-refractivity contribution is 5.95. The summed E-state index contributed by atoms with van der Waals surface area (Å²) in [5.41, 5.74) is 7.34. The van der Waals surface area contributed by atoms with Gasteiger partial charge >= 0.3 is 0 Å². The van der Waals surface area contributed by atoms with Crippen LogP contribution >= 0.6 is 12.4 Å². The maximum Gasteiger partial charge on any atom is 0.241 e. The van der Waals surface area contributed by atoms with Crippen molar-refractivity contribution in [3.8, 4) is 0 Å². The van der Waals surface area contributed by atoms with Crippen LogP contribution in [0.2, 0.25) is 0 Å². The van der Waals surface area contributed by atoms with Crippen LogP contribution in [0.4, 0.5) is 5.69 Å². The lowest BCUT2D eigenvalue weighted by Crippen LogP contribution is -2.32. The van der Waals surface area contributed by atoms with Gasteiger partial charge in [0.15, 0.2) is 0 Å². The van der Waals surface area contributed by atoms with Crippen LogP contribution in [-0.2, 0) is 4.79 Å². The van der Waals surface area contributed by atoms with Crippen molar-refractivity contribution < 1.29 is 10.3 Å². The van der Waals surface area contributed by atoms with Gasteiger partial charge in [-0.05, 0) is 31.8 Å². The molecule has 1 atom stereocenters. The van der Waals surface area contributed by atoms with E-state index in [1.54, 1.807) is 26.0 Å². The summed E-state index contributed by atoms with van der Waals surface area (Å²) >= 11 is 0. The molecule has 3 N–H and O–H groups in total. The second kappa shape index (κ2) is 5.73. The Labute approximate surface area is 102 Å². The number of carbonyl (C=O) groups excluding carboxylic acids is 1. The van der Waals surface area contributed by atoms with Crippen molar-refractivity contribution in [2.45, 2.75) is 26.7 Å². The molecule has 1 aromatic rings. The van der Waals surface area contributed by atoms with Crippen LogP contribution in [0, 0.1) is 13.8 Å². The number of nitrogens with one attached hydrogen (secondary N) is 1. The minimum Gasteiger partial charge on any atom is -0.324 e.